The van der Waals surface area contributed by atoms with Crippen LogP contribution in [0.4, 0.5) is 17.6 Å². The van der Waals surface area contributed by atoms with E-state index in [9.17, 15) is 31.9 Å². The van der Waals surface area contributed by atoms with E-state index < -0.39 is 51.7 Å². The van der Waals surface area contributed by atoms with Crippen LogP contribution < -0.4 is 5.32 Å². The van der Waals surface area contributed by atoms with E-state index in [0.29, 0.717) is 17.7 Å². The molecule has 0 aliphatic carbocycles. The first-order valence-corrected chi connectivity index (χ1v) is 8.35. The van der Waals surface area contributed by atoms with Crippen LogP contribution in [0.3, 0.4) is 0 Å². The molecule has 1 N–H and O–H groups in total. The van der Waals surface area contributed by atoms with Crippen molar-refractivity contribution in [3.05, 3.63) is 70.0 Å². The molecule has 0 spiro atoms. The summed E-state index contributed by atoms with van der Waals surface area (Å²) >= 11 is 5.52. The number of hydrogen-bond donors (Lipinski definition) is 1. The lowest BCUT2D eigenvalue weighted by Crippen LogP contribution is -2.45. The van der Waals surface area contributed by atoms with Gasteiger partial charge in [-0.05, 0) is 17.7 Å². The molecule has 1 unspecified atom stereocenters. The summed E-state index contributed by atoms with van der Waals surface area (Å²) in [7, 11) is 0. The van der Waals surface area contributed by atoms with Gasteiger partial charge in [0.1, 0.15) is 0 Å². The van der Waals surface area contributed by atoms with Gasteiger partial charge in [0, 0.05) is 13.3 Å². The predicted molar refractivity (Wildman–Crippen MR) is 93.5 cm³/mol. The van der Waals surface area contributed by atoms with Crippen LogP contribution in [0, 0.1) is 5.82 Å². The number of hydrogen-bond acceptors (Lipinski definition) is 3. The zero-order valence-electron chi connectivity index (χ0n) is 14.4. The highest BCUT2D eigenvalue weighted by atomic mass is 35.5. The van der Waals surface area contributed by atoms with Crippen molar-refractivity contribution < 1.29 is 31.9 Å². The highest BCUT2D eigenvalue weighted by molar-refractivity contribution is 6.38. The number of rotatable bonds is 6. The summed E-state index contributed by atoms with van der Waals surface area (Å²) in [6.07, 6.45) is -5.19. The maximum atomic E-state index is 14.2. The van der Waals surface area contributed by atoms with Crippen LogP contribution in [0.1, 0.15) is 28.4 Å². The van der Waals surface area contributed by atoms with E-state index >= 15 is 0 Å². The number of amides is 1. The average molecular weight is 416 g/mol. The number of halogens is 5. The van der Waals surface area contributed by atoms with Crippen molar-refractivity contribution in [1.82, 2.24) is 5.32 Å². The molecular weight excluding hydrogens is 402 g/mol. The zero-order valence-corrected chi connectivity index (χ0v) is 15.2. The van der Waals surface area contributed by atoms with Crippen LogP contribution in [-0.4, -0.2) is 23.5 Å². The molecule has 0 saturated carbocycles. The van der Waals surface area contributed by atoms with E-state index in [0.717, 1.165) is 6.92 Å². The number of carbonyl (C=O) groups is 3. The second kappa shape index (κ2) is 8.52. The lowest BCUT2D eigenvalue weighted by molar-refractivity contribution is -0.138. The van der Waals surface area contributed by atoms with E-state index in [-0.39, 0.29) is 6.42 Å². The maximum Gasteiger partial charge on any atom is 0.417 e. The van der Waals surface area contributed by atoms with Crippen LogP contribution in [0.25, 0.3) is 0 Å². The van der Waals surface area contributed by atoms with Gasteiger partial charge in [-0.25, -0.2) is 4.39 Å². The monoisotopic (exact) mass is 415 g/mol. The lowest BCUT2D eigenvalue weighted by atomic mass is 9.99. The largest absolute Gasteiger partial charge is 0.417 e. The van der Waals surface area contributed by atoms with Gasteiger partial charge in [0.25, 0.3) is 5.91 Å². The summed E-state index contributed by atoms with van der Waals surface area (Å²) in [5.74, 6) is -4.98. The number of ketones is 2. The fourth-order valence-electron chi connectivity index (χ4n) is 2.54. The number of alkyl halides is 3. The average Bonchev–Trinajstić information content (AvgIpc) is 2.62. The quantitative estimate of drug-likeness (QED) is 0.573. The van der Waals surface area contributed by atoms with Gasteiger partial charge in [-0.3, -0.25) is 14.4 Å². The Kier molecular flexibility index (Phi) is 6.56. The fourth-order valence-corrected chi connectivity index (χ4v) is 2.70. The molecular formula is C19H14ClF4NO3. The van der Waals surface area contributed by atoms with Gasteiger partial charge in [0.15, 0.2) is 11.6 Å². The van der Waals surface area contributed by atoms with Gasteiger partial charge in [0.2, 0.25) is 5.78 Å². The molecule has 0 aliphatic heterocycles. The number of benzene rings is 2. The molecule has 0 aromatic heterocycles. The third-order valence-corrected chi connectivity index (χ3v) is 4.17. The molecule has 0 saturated heterocycles. The molecule has 1 amide bonds. The Morgan fingerprint density at radius 3 is 2.21 bits per heavy atom. The Balaban J connectivity index is 2.42. The van der Waals surface area contributed by atoms with E-state index in [2.05, 4.69) is 0 Å². The molecule has 2 aromatic carbocycles. The van der Waals surface area contributed by atoms with Gasteiger partial charge in [-0.2, -0.15) is 13.2 Å². The van der Waals surface area contributed by atoms with Crippen LogP contribution in [0.2, 0.25) is 5.02 Å². The van der Waals surface area contributed by atoms with Crippen LogP contribution in [0.15, 0.2) is 42.5 Å². The molecule has 0 heterocycles. The van der Waals surface area contributed by atoms with Crippen molar-refractivity contribution in [2.75, 3.05) is 0 Å². The Hall–Kier alpha value is -2.74. The maximum absolute atomic E-state index is 14.2. The first-order chi connectivity index (χ1) is 13.0. The molecule has 2 aromatic rings. The highest BCUT2D eigenvalue weighted by Crippen LogP contribution is 2.35. The van der Waals surface area contributed by atoms with Crippen molar-refractivity contribution in [3.63, 3.8) is 0 Å². The number of carbonyl (C=O) groups excluding carboxylic acids is 3. The van der Waals surface area contributed by atoms with E-state index in [1.807, 2.05) is 5.32 Å². The number of Topliss-reactive ketones (excluding diaryl/α,β-unsaturated/α-hetero) is 2. The topological polar surface area (TPSA) is 63.2 Å². The van der Waals surface area contributed by atoms with Crippen molar-refractivity contribution in [1.29, 1.82) is 0 Å². The second-order valence-corrected chi connectivity index (χ2v) is 6.33. The SMILES string of the molecule is CC(=O)C(=O)C(Cc1ccccc1)NC(=O)c1c(C(F)(F)F)ccc(Cl)c1F. The van der Waals surface area contributed by atoms with Crippen LogP contribution in [-0.2, 0) is 22.2 Å². The molecule has 2 rings (SSSR count). The molecule has 28 heavy (non-hydrogen) atoms. The third kappa shape index (κ3) is 4.95. The van der Waals surface area contributed by atoms with E-state index in [1.165, 1.54) is 0 Å². The van der Waals surface area contributed by atoms with Crippen LogP contribution >= 0.6 is 11.6 Å². The second-order valence-electron chi connectivity index (χ2n) is 5.92. The van der Waals surface area contributed by atoms with Crippen molar-refractivity contribution in [2.45, 2.75) is 25.6 Å². The van der Waals surface area contributed by atoms with Gasteiger partial charge < -0.3 is 5.32 Å². The first-order valence-electron chi connectivity index (χ1n) is 7.97. The summed E-state index contributed by atoms with van der Waals surface area (Å²) in [6, 6.07) is 7.88. The molecule has 148 valence electrons. The van der Waals surface area contributed by atoms with Gasteiger partial charge in [-0.1, -0.05) is 41.9 Å². The molecule has 1 atom stereocenters. The van der Waals surface area contributed by atoms with Crippen molar-refractivity contribution in [3.8, 4) is 0 Å². The van der Waals surface area contributed by atoms with Crippen molar-refractivity contribution in [2.24, 2.45) is 0 Å². The summed E-state index contributed by atoms with van der Waals surface area (Å²) in [6.45, 7) is 0.966. The normalized spacial score (nSPS) is 12.4. The molecule has 0 aliphatic rings. The highest BCUT2D eigenvalue weighted by Gasteiger charge is 2.38. The van der Waals surface area contributed by atoms with Crippen LogP contribution in [0.5, 0.6) is 0 Å². The summed E-state index contributed by atoms with van der Waals surface area (Å²) in [5.41, 5.74) is -2.33. The summed E-state index contributed by atoms with van der Waals surface area (Å²) < 4.78 is 53.8. The molecule has 0 radical (unpaired) electrons. The minimum Gasteiger partial charge on any atom is -0.341 e. The third-order valence-electron chi connectivity index (χ3n) is 3.88. The molecule has 4 nitrogen and oxygen atoms in total. The predicted octanol–water partition coefficient (Wildman–Crippen LogP) is 4.00. The van der Waals surface area contributed by atoms with E-state index in [4.69, 9.17) is 11.6 Å². The van der Waals surface area contributed by atoms with E-state index in [1.54, 1.807) is 30.3 Å². The molecule has 0 fully saturated rings. The summed E-state index contributed by atoms with van der Waals surface area (Å²) in [4.78, 5) is 36.0. The Bertz CT molecular complexity index is 913. The standard InChI is InChI=1S/C19H14ClF4NO3/c1-10(26)17(27)14(9-11-5-3-2-4-6-11)25-18(28)15-12(19(22,23)24)7-8-13(20)16(15)21/h2-8,14H,9H2,1H3,(H,25,28). The Morgan fingerprint density at radius 1 is 1.07 bits per heavy atom. The van der Waals surface area contributed by atoms with Gasteiger partial charge >= 0.3 is 6.18 Å². The summed E-state index contributed by atoms with van der Waals surface area (Å²) in [5, 5.41) is 1.35. The smallest absolute Gasteiger partial charge is 0.341 e. The Morgan fingerprint density at radius 2 is 1.68 bits per heavy atom. The number of nitrogens with one attached hydrogen (secondary N) is 1. The Labute approximate surface area is 162 Å². The minimum atomic E-state index is -5.03. The van der Waals surface area contributed by atoms with Gasteiger partial charge in [-0.15, -0.1) is 0 Å². The first kappa shape index (κ1) is 21.6. The fraction of sp³-hybridized carbons (Fsp3) is 0.211. The molecule has 0 bridgehead atoms. The zero-order chi connectivity index (χ0) is 21.1. The lowest BCUT2D eigenvalue weighted by Gasteiger charge is -2.19. The minimum absolute atomic E-state index is 0.158. The van der Waals surface area contributed by atoms with Gasteiger partial charge in [0.05, 0.1) is 22.2 Å². The van der Waals surface area contributed by atoms with Crippen molar-refractivity contribution >= 4 is 29.1 Å². The molecule has 9 heteroatoms.